The van der Waals surface area contributed by atoms with Crippen LogP contribution in [-0.2, 0) is 0 Å². The molecule has 0 saturated carbocycles. The minimum absolute atomic E-state index is 0. The molecule has 6 heteroatoms. The van der Waals surface area contributed by atoms with E-state index in [1.165, 1.54) is 42.9 Å². The van der Waals surface area contributed by atoms with Crippen LogP contribution in [0.5, 0.6) is 0 Å². The molecule has 0 bridgehead atoms. The Bertz CT molecular complexity index is 301. The Balaban J connectivity index is 0.00000200. The van der Waals surface area contributed by atoms with Crippen LogP contribution in [0.4, 0.5) is 0 Å². The molecule has 2 aliphatic heterocycles. The van der Waals surface area contributed by atoms with Gasteiger partial charge in [0.05, 0.1) is 0 Å². The molecule has 0 amide bonds. The topological polar surface area (TPSA) is 36.4 Å². The number of nitrogens with one attached hydrogen (secondary N) is 2. The van der Waals surface area contributed by atoms with Crippen LogP contribution in [0, 0.1) is 5.92 Å². The average Bonchev–Trinajstić information content (AvgIpc) is 2.87. The summed E-state index contributed by atoms with van der Waals surface area (Å²) in [6.07, 6.45) is 5.38. The predicted molar refractivity (Wildman–Crippen MR) is 105 cm³/mol. The van der Waals surface area contributed by atoms with Crippen molar-refractivity contribution in [1.29, 1.82) is 0 Å². The molecule has 2 fully saturated rings. The van der Waals surface area contributed by atoms with Crippen molar-refractivity contribution in [1.82, 2.24) is 10.6 Å². The lowest BCUT2D eigenvalue weighted by molar-refractivity contribution is 0.477. The molecule has 3 nitrogen and oxygen atoms in total. The summed E-state index contributed by atoms with van der Waals surface area (Å²) in [7, 11) is 1.87. The van der Waals surface area contributed by atoms with Crippen molar-refractivity contribution >= 4 is 53.5 Å². The smallest absolute Gasteiger partial charge is 0.191 e. The fourth-order valence-corrected chi connectivity index (χ4v) is 5.11. The molecule has 2 N–H and O–H groups in total. The highest BCUT2D eigenvalue weighted by molar-refractivity contribution is 14.0. The number of guanidine groups is 1. The van der Waals surface area contributed by atoms with Gasteiger partial charge in [0.15, 0.2) is 5.96 Å². The molecule has 0 radical (unpaired) electrons. The second kappa shape index (κ2) is 9.66. The van der Waals surface area contributed by atoms with Crippen molar-refractivity contribution in [2.45, 2.75) is 37.4 Å². The summed E-state index contributed by atoms with van der Waals surface area (Å²) < 4.78 is 0.402. The Kier molecular flexibility index (Phi) is 9.06. The van der Waals surface area contributed by atoms with Crippen LogP contribution in [0.1, 0.15) is 32.6 Å². The molecule has 1 unspecified atom stereocenters. The monoisotopic (exact) mass is 429 g/mol. The lowest BCUT2D eigenvalue weighted by Crippen LogP contribution is -2.45. The van der Waals surface area contributed by atoms with E-state index in [9.17, 15) is 0 Å². The highest BCUT2D eigenvalue weighted by Gasteiger charge is 2.29. The van der Waals surface area contributed by atoms with E-state index in [-0.39, 0.29) is 24.0 Å². The molecule has 2 aliphatic rings. The molecule has 20 heavy (non-hydrogen) atoms. The average molecular weight is 429 g/mol. The van der Waals surface area contributed by atoms with Crippen LogP contribution < -0.4 is 10.6 Å². The summed E-state index contributed by atoms with van der Waals surface area (Å²) in [5.74, 6) is 5.77. The second-order valence-electron chi connectivity index (χ2n) is 5.76. The second-order valence-corrected chi connectivity index (χ2v) is 8.67. The Labute approximate surface area is 149 Å². The molecule has 118 valence electrons. The van der Waals surface area contributed by atoms with E-state index in [1.54, 1.807) is 0 Å². The number of thioether (sulfide) groups is 2. The van der Waals surface area contributed by atoms with Gasteiger partial charge in [-0.25, -0.2) is 0 Å². The summed E-state index contributed by atoms with van der Waals surface area (Å²) >= 11 is 4.18. The molecular formula is C14H28IN3S2. The van der Waals surface area contributed by atoms with Crippen molar-refractivity contribution in [2.75, 3.05) is 37.4 Å². The van der Waals surface area contributed by atoms with Crippen molar-refractivity contribution in [3.63, 3.8) is 0 Å². The highest BCUT2D eigenvalue weighted by Crippen LogP contribution is 2.36. The van der Waals surface area contributed by atoms with E-state index >= 15 is 0 Å². The molecule has 1 atom stereocenters. The van der Waals surface area contributed by atoms with Crippen molar-refractivity contribution in [3.8, 4) is 0 Å². The third-order valence-electron chi connectivity index (χ3n) is 4.05. The Morgan fingerprint density at radius 2 is 2.00 bits per heavy atom. The first-order valence-corrected chi connectivity index (χ1v) is 9.52. The molecule has 2 saturated heterocycles. The van der Waals surface area contributed by atoms with Gasteiger partial charge in [0.1, 0.15) is 0 Å². The van der Waals surface area contributed by atoms with Crippen molar-refractivity contribution in [3.05, 3.63) is 0 Å². The normalized spacial score (nSPS) is 28.0. The molecule has 2 rings (SSSR count). The SMILES string of the molecule is CN=C(NCC1CCSCC1)NCC1(C)CCCS1.I. The van der Waals surface area contributed by atoms with E-state index in [1.807, 2.05) is 7.05 Å². The minimum Gasteiger partial charge on any atom is -0.356 e. The molecule has 0 aromatic carbocycles. The lowest BCUT2D eigenvalue weighted by atomic mass is 10.0. The minimum atomic E-state index is 0. The molecule has 2 heterocycles. The lowest BCUT2D eigenvalue weighted by Gasteiger charge is -2.26. The van der Waals surface area contributed by atoms with Gasteiger partial charge in [0.25, 0.3) is 0 Å². The number of halogens is 1. The van der Waals surface area contributed by atoms with Gasteiger partial charge in [-0.15, -0.1) is 24.0 Å². The number of rotatable bonds is 4. The van der Waals surface area contributed by atoms with Gasteiger partial charge < -0.3 is 10.6 Å². The standard InChI is InChI=1S/C14H27N3S2.HI/c1-14(6-3-7-19-14)11-17-13(15-2)16-10-12-4-8-18-9-5-12;/h12H,3-11H2,1-2H3,(H2,15,16,17);1H. The fourth-order valence-electron chi connectivity index (χ4n) is 2.66. The maximum absolute atomic E-state index is 4.34. The molecule has 0 aliphatic carbocycles. The molecule has 0 aromatic rings. The first-order chi connectivity index (χ1) is 9.22. The van der Waals surface area contributed by atoms with Gasteiger partial charge in [0, 0.05) is 24.9 Å². The summed E-state index contributed by atoms with van der Waals surface area (Å²) in [5, 5.41) is 7.00. The van der Waals surface area contributed by atoms with Gasteiger partial charge in [-0.2, -0.15) is 23.5 Å². The Hall–Kier alpha value is 0.700. The zero-order valence-corrected chi connectivity index (χ0v) is 16.6. The van der Waals surface area contributed by atoms with Gasteiger partial charge in [-0.1, -0.05) is 0 Å². The molecular weight excluding hydrogens is 401 g/mol. The third-order valence-corrected chi connectivity index (χ3v) is 6.64. The van der Waals surface area contributed by atoms with Crippen molar-refractivity contribution < 1.29 is 0 Å². The van der Waals surface area contributed by atoms with Gasteiger partial charge >= 0.3 is 0 Å². The maximum Gasteiger partial charge on any atom is 0.191 e. The Morgan fingerprint density at radius 3 is 2.60 bits per heavy atom. The summed E-state index contributed by atoms with van der Waals surface area (Å²) in [4.78, 5) is 4.34. The Morgan fingerprint density at radius 1 is 1.25 bits per heavy atom. The van der Waals surface area contributed by atoms with E-state index in [4.69, 9.17) is 0 Å². The van der Waals surface area contributed by atoms with E-state index < -0.39 is 0 Å². The van der Waals surface area contributed by atoms with Crippen LogP contribution >= 0.6 is 47.5 Å². The van der Waals surface area contributed by atoms with Gasteiger partial charge in [0.2, 0.25) is 0 Å². The summed E-state index contributed by atoms with van der Waals surface area (Å²) in [5.41, 5.74) is 0. The summed E-state index contributed by atoms with van der Waals surface area (Å²) in [6, 6.07) is 0. The van der Waals surface area contributed by atoms with E-state index in [0.29, 0.717) is 4.75 Å². The van der Waals surface area contributed by atoms with E-state index in [2.05, 4.69) is 46.1 Å². The molecule has 0 aromatic heterocycles. The largest absolute Gasteiger partial charge is 0.356 e. The number of hydrogen-bond acceptors (Lipinski definition) is 3. The first kappa shape index (κ1) is 18.7. The zero-order valence-electron chi connectivity index (χ0n) is 12.6. The molecule has 0 spiro atoms. The number of hydrogen-bond donors (Lipinski definition) is 2. The van der Waals surface area contributed by atoms with Crippen LogP contribution in [0.25, 0.3) is 0 Å². The quantitative estimate of drug-likeness (QED) is 0.409. The van der Waals surface area contributed by atoms with E-state index in [0.717, 1.165) is 25.0 Å². The van der Waals surface area contributed by atoms with Crippen LogP contribution in [-0.4, -0.2) is 48.1 Å². The number of nitrogens with zero attached hydrogens (tertiary/aromatic N) is 1. The fraction of sp³-hybridized carbons (Fsp3) is 0.929. The van der Waals surface area contributed by atoms with Gasteiger partial charge in [-0.05, 0) is 55.8 Å². The highest BCUT2D eigenvalue weighted by atomic mass is 127. The van der Waals surface area contributed by atoms with Gasteiger partial charge in [-0.3, -0.25) is 4.99 Å². The number of aliphatic imine (C=N–C) groups is 1. The zero-order chi connectivity index (χ0) is 13.6. The predicted octanol–water partition coefficient (Wildman–Crippen LogP) is 3.20. The van der Waals surface area contributed by atoms with Crippen molar-refractivity contribution in [2.24, 2.45) is 10.9 Å². The maximum atomic E-state index is 4.34. The van der Waals surface area contributed by atoms with Crippen LogP contribution in [0.15, 0.2) is 4.99 Å². The first-order valence-electron chi connectivity index (χ1n) is 7.38. The third kappa shape index (κ3) is 6.22. The van der Waals surface area contributed by atoms with Crippen LogP contribution in [0.3, 0.4) is 0 Å². The van der Waals surface area contributed by atoms with Crippen LogP contribution in [0.2, 0.25) is 0 Å². The summed E-state index contributed by atoms with van der Waals surface area (Å²) in [6.45, 7) is 4.46.